The smallest absolute Gasteiger partial charge is 0.236 e. The topological polar surface area (TPSA) is 90.4 Å². The first-order valence-electron chi connectivity index (χ1n) is 4.68. The van der Waals surface area contributed by atoms with E-state index in [0.717, 1.165) is 5.69 Å². The predicted molar refractivity (Wildman–Crippen MR) is 59.7 cm³/mol. The Labute approximate surface area is 88.4 Å². The van der Waals surface area contributed by atoms with E-state index < -0.39 is 5.91 Å². The Balaban J connectivity index is 2.73. The summed E-state index contributed by atoms with van der Waals surface area (Å²) in [5.74, 6) is 0.191. The number of anilines is 2. The van der Waals surface area contributed by atoms with Crippen molar-refractivity contribution in [3.63, 3.8) is 0 Å². The summed E-state index contributed by atoms with van der Waals surface area (Å²) in [4.78, 5) is 10.6. The van der Waals surface area contributed by atoms with E-state index in [4.69, 9.17) is 16.2 Å². The summed E-state index contributed by atoms with van der Waals surface area (Å²) < 4.78 is 5.30. The molecule has 0 radical (unpaired) electrons. The largest absolute Gasteiger partial charge is 0.492 e. The molecule has 1 aromatic carbocycles. The van der Waals surface area contributed by atoms with Crippen molar-refractivity contribution < 1.29 is 9.53 Å². The van der Waals surface area contributed by atoms with Gasteiger partial charge in [0.2, 0.25) is 5.91 Å². The van der Waals surface area contributed by atoms with Gasteiger partial charge in [0.1, 0.15) is 5.75 Å². The van der Waals surface area contributed by atoms with E-state index >= 15 is 0 Å². The summed E-state index contributed by atoms with van der Waals surface area (Å²) in [6.45, 7) is 2.52. The van der Waals surface area contributed by atoms with Crippen molar-refractivity contribution in [2.45, 2.75) is 6.92 Å². The summed E-state index contributed by atoms with van der Waals surface area (Å²) in [5.41, 5.74) is 12.0. The van der Waals surface area contributed by atoms with Gasteiger partial charge in [-0.2, -0.15) is 0 Å². The van der Waals surface area contributed by atoms with Gasteiger partial charge < -0.3 is 21.5 Å². The average molecular weight is 209 g/mol. The number of carbonyl (C=O) groups excluding carboxylic acids is 1. The van der Waals surface area contributed by atoms with Gasteiger partial charge in [-0.1, -0.05) is 0 Å². The van der Waals surface area contributed by atoms with E-state index in [1.54, 1.807) is 18.2 Å². The molecule has 0 unspecified atom stereocenters. The second kappa shape index (κ2) is 5.09. The molecule has 0 aromatic heterocycles. The fourth-order valence-electron chi connectivity index (χ4n) is 1.11. The molecule has 0 saturated carbocycles. The lowest BCUT2D eigenvalue weighted by Crippen LogP contribution is -2.21. The predicted octanol–water partition coefficient (Wildman–Crippen LogP) is 0.565. The van der Waals surface area contributed by atoms with E-state index in [1.165, 1.54) is 0 Å². The maximum Gasteiger partial charge on any atom is 0.236 e. The number of primary amides is 1. The Kier molecular flexibility index (Phi) is 3.79. The maximum atomic E-state index is 10.6. The molecule has 5 nitrogen and oxygen atoms in total. The van der Waals surface area contributed by atoms with Crippen LogP contribution in [0.15, 0.2) is 18.2 Å². The van der Waals surface area contributed by atoms with Crippen LogP contribution in [0.2, 0.25) is 0 Å². The molecular weight excluding hydrogens is 194 g/mol. The fraction of sp³-hybridized carbons (Fsp3) is 0.300. The molecular formula is C10H15N3O2. The Hall–Kier alpha value is -1.91. The van der Waals surface area contributed by atoms with Crippen molar-refractivity contribution in [2.75, 3.05) is 24.2 Å². The molecule has 5 N–H and O–H groups in total. The van der Waals surface area contributed by atoms with Crippen LogP contribution in [0.25, 0.3) is 0 Å². The third-order valence-electron chi connectivity index (χ3n) is 1.78. The van der Waals surface area contributed by atoms with Gasteiger partial charge in [0.05, 0.1) is 18.8 Å². The van der Waals surface area contributed by atoms with Crippen molar-refractivity contribution in [3.05, 3.63) is 18.2 Å². The Bertz CT molecular complexity index is 353. The zero-order chi connectivity index (χ0) is 11.3. The van der Waals surface area contributed by atoms with Gasteiger partial charge in [-0.05, 0) is 19.1 Å². The lowest BCUT2D eigenvalue weighted by molar-refractivity contribution is -0.116. The van der Waals surface area contributed by atoms with Crippen LogP contribution < -0.4 is 21.5 Å². The number of hydrogen-bond donors (Lipinski definition) is 3. The number of ether oxygens (including phenoxy) is 1. The van der Waals surface area contributed by atoms with E-state index in [9.17, 15) is 4.79 Å². The molecule has 0 fully saturated rings. The molecule has 82 valence electrons. The molecule has 1 rings (SSSR count). The molecule has 0 aliphatic carbocycles. The maximum absolute atomic E-state index is 10.6. The van der Waals surface area contributed by atoms with Crippen LogP contribution in [0, 0.1) is 0 Å². The van der Waals surface area contributed by atoms with E-state index in [1.807, 2.05) is 6.92 Å². The standard InChI is InChI=1S/C10H15N3O2/c1-2-15-9-5-7(3-4-8(9)11)13-6-10(12)14/h3-5,13H,2,6,11H2,1H3,(H2,12,14). The van der Waals surface area contributed by atoms with Gasteiger partial charge >= 0.3 is 0 Å². The van der Waals surface area contributed by atoms with Crippen molar-refractivity contribution in [2.24, 2.45) is 5.73 Å². The van der Waals surface area contributed by atoms with Gasteiger partial charge in [0.25, 0.3) is 0 Å². The third kappa shape index (κ3) is 3.38. The molecule has 0 aliphatic rings. The number of nitrogen functional groups attached to an aromatic ring is 1. The van der Waals surface area contributed by atoms with Gasteiger partial charge in [-0.25, -0.2) is 0 Å². The molecule has 0 spiro atoms. The SMILES string of the molecule is CCOc1cc(NCC(N)=O)ccc1N. The van der Waals surface area contributed by atoms with Crippen molar-refractivity contribution in [1.82, 2.24) is 0 Å². The van der Waals surface area contributed by atoms with Crippen LogP contribution in [-0.2, 0) is 4.79 Å². The number of benzene rings is 1. The number of nitrogens with two attached hydrogens (primary N) is 2. The third-order valence-corrected chi connectivity index (χ3v) is 1.78. The summed E-state index contributed by atoms with van der Waals surface area (Å²) >= 11 is 0. The van der Waals surface area contributed by atoms with Crippen LogP contribution in [0.4, 0.5) is 11.4 Å². The zero-order valence-electron chi connectivity index (χ0n) is 8.62. The van der Waals surface area contributed by atoms with Crippen molar-refractivity contribution in [3.8, 4) is 5.75 Å². The molecule has 15 heavy (non-hydrogen) atoms. The monoisotopic (exact) mass is 209 g/mol. The molecule has 0 atom stereocenters. The minimum absolute atomic E-state index is 0.0927. The highest BCUT2D eigenvalue weighted by molar-refractivity contribution is 5.79. The second-order valence-corrected chi connectivity index (χ2v) is 3.01. The Morgan fingerprint density at radius 2 is 2.27 bits per heavy atom. The number of rotatable bonds is 5. The van der Waals surface area contributed by atoms with Crippen molar-refractivity contribution in [1.29, 1.82) is 0 Å². The van der Waals surface area contributed by atoms with Crippen LogP contribution in [0.1, 0.15) is 6.92 Å². The molecule has 1 aromatic rings. The lowest BCUT2D eigenvalue weighted by Gasteiger charge is -2.09. The highest BCUT2D eigenvalue weighted by Gasteiger charge is 2.02. The number of carbonyl (C=O) groups is 1. The highest BCUT2D eigenvalue weighted by Crippen LogP contribution is 2.25. The summed E-state index contributed by atoms with van der Waals surface area (Å²) in [6.07, 6.45) is 0. The number of nitrogens with one attached hydrogen (secondary N) is 1. The summed E-state index contributed by atoms with van der Waals surface area (Å²) in [5, 5.41) is 2.86. The number of amides is 1. The Morgan fingerprint density at radius 1 is 1.53 bits per heavy atom. The first-order valence-corrected chi connectivity index (χ1v) is 4.68. The van der Waals surface area contributed by atoms with Crippen LogP contribution in [0.3, 0.4) is 0 Å². The summed E-state index contributed by atoms with van der Waals surface area (Å²) in [6, 6.07) is 5.22. The van der Waals surface area contributed by atoms with Gasteiger partial charge in [0, 0.05) is 11.8 Å². The molecule has 0 heterocycles. The van der Waals surface area contributed by atoms with Gasteiger partial charge in [-0.15, -0.1) is 0 Å². The number of hydrogen-bond acceptors (Lipinski definition) is 4. The zero-order valence-corrected chi connectivity index (χ0v) is 8.62. The van der Waals surface area contributed by atoms with Gasteiger partial charge in [-0.3, -0.25) is 4.79 Å². The normalized spacial score (nSPS) is 9.67. The Morgan fingerprint density at radius 3 is 2.87 bits per heavy atom. The molecule has 5 heteroatoms. The van der Waals surface area contributed by atoms with E-state index in [2.05, 4.69) is 5.32 Å². The fourth-order valence-corrected chi connectivity index (χ4v) is 1.11. The second-order valence-electron chi connectivity index (χ2n) is 3.01. The average Bonchev–Trinajstić information content (AvgIpc) is 2.19. The lowest BCUT2D eigenvalue weighted by atomic mass is 10.2. The first-order chi connectivity index (χ1) is 7.13. The minimum atomic E-state index is -0.412. The molecule has 0 aliphatic heterocycles. The molecule has 1 amide bonds. The quantitative estimate of drug-likeness (QED) is 0.618. The van der Waals surface area contributed by atoms with Gasteiger partial charge in [0.15, 0.2) is 0 Å². The highest BCUT2D eigenvalue weighted by atomic mass is 16.5. The van der Waals surface area contributed by atoms with Crippen LogP contribution in [-0.4, -0.2) is 19.1 Å². The molecule has 0 saturated heterocycles. The van der Waals surface area contributed by atoms with E-state index in [-0.39, 0.29) is 6.54 Å². The summed E-state index contributed by atoms with van der Waals surface area (Å²) in [7, 11) is 0. The van der Waals surface area contributed by atoms with E-state index in [0.29, 0.717) is 18.0 Å². The first kappa shape index (κ1) is 11.2. The molecule has 0 bridgehead atoms. The van der Waals surface area contributed by atoms with Crippen LogP contribution in [0.5, 0.6) is 5.75 Å². The van der Waals surface area contributed by atoms with Crippen LogP contribution >= 0.6 is 0 Å². The minimum Gasteiger partial charge on any atom is -0.492 e. The van der Waals surface area contributed by atoms with Crippen molar-refractivity contribution >= 4 is 17.3 Å².